The maximum absolute atomic E-state index is 12.3. The van der Waals surface area contributed by atoms with Crippen LogP contribution in [0.1, 0.15) is 17.9 Å². The van der Waals surface area contributed by atoms with Gasteiger partial charge in [0.1, 0.15) is 0 Å². The average molecular weight is 318 g/mol. The van der Waals surface area contributed by atoms with Gasteiger partial charge in [-0.3, -0.25) is 4.31 Å². The summed E-state index contributed by atoms with van der Waals surface area (Å²) in [6.07, 6.45) is 1.59. The largest absolute Gasteiger partial charge is 0.330 e. The Kier molecular flexibility index (Phi) is 4.08. The van der Waals surface area contributed by atoms with Crippen LogP contribution in [0.5, 0.6) is 0 Å². The van der Waals surface area contributed by atoms with Gasteiger partial charge >= 0.3 is 0 Å². The van der Waals surface area contributed by atoms with Crippen LogP contribution in [-0.2, 0) is 19.9 Å². The molecule has 6 nitrogen and oxygen atoms in total. The zero-order chi connectivity index (χ0) is 15.0. The number of hydrogen-bond donors (Lipinski definition) is 1. The van der Waals surface area contributed by atoms with Crippen molar-refractivity contribution in [1.29, 1.82) is 0 Å². The highest BCUT2D eigenvalue weighted by Crippen LogP contribution is 2.39. The molecule has 20 heavy (non-hydrogen) atoms. The van der Waals surface area contributed by atoms with E-state index in [9.17, 15) is 16.8 Å². The molecule has 0 saturated heterocycles. The van der Waals surface area contributed by atoms with Crippen LogP contribution < -0.4 is 10.0 Å². The number of para-hydroxylation sites is 1. The predicted octanol–water partition coefficient (Wildman–Crippen LogP) is 0.271. The lowest BCUT2D eigenvalue weighted by molar-refractivity contribution is 0.585. The topological polar surface area (TPSA) is 97.5 Å². The average Bonchev–Trinajstić information content (AvgIpc) is 2.67. The van der Waals surface area contributed by atoms with Gasteiger partial charge in [-0.1, -0.05) is 18.2 Å². The molecule has 1 aliphatic rings. The van der Waals surface area contributed by atoms with Gasteiger partial charge in [0, 0.05) is 18.7 Å². The lowest BCUT2D eigenvalue weighted by Crippen LogP contribution is -2.34. The molecule has 1 atom stereocenters. The molecule has 1 aromatic rings. The first-order valence-corrected chi connectivity index (χ1v) is 9.89. The first-order chi connectivity index (χ1) is 9.24. The zero-order valence-corrected chi connectivity index (χ0v) is 12.8. The Morgan fingerprint density at radius 2 is 1.90 bits per heavy atom. The second kappa shape index (κ2) is 5.34. The molecule has 2 N–H and O–H groups in total. The lowest BCUT2D eigenvalue weighted by Gasteiger charge is -2.19. The monoisotopic (exact) mass is 318 g/mol. The number of anilines is 1. The normalized spacial score (nSPS) is 19.1. The maximum Gasteiger partial charge on any atom is 0.249 e. The van der Waals surface area contributed by atoms with E-state index in [1.807, 2.05) is 12.1 Å². The van der Waals surface area contributed by atoms with Crippen molar-refractivity contribution in [2.45, 2.75) is 12.3 Å². The summed E-state index contributed by atoms with van der Waals surface area (Å²) in [7, 11) is -7.48. The van der Waals surface area contributed by atoms with E-state index in [2.05, 4.69) is 0 Å². The van der Waals surface area contributed by atoms with Crippen molar-refractivity contribution >= 4 is 25.5 Å². The van der Waals surface area contributed by atoms with Gasteiger partial charge in [0.25, 0.3) is 0 Å². The molecule has 0 bridgehead atoms. The van der Waals surface area contributed by atoms with Gasteiger partial charge in [-0.25, -0.2) is 16.8 Å². The van der Waals surface area contributed by atoms with Gasteiger partial charge in [-0.2, -0.15) is 0 Å². The van der Waals surface area contributed by atoms with Crippen molar-refractivity contribution in [3.05, 3.63) is 29.8 Å². The fraction of sp³-hybridized carbons (Fsp3) is 0.500. The molecule has 0 saturated carbocycles. The van der Waals surface area contributed by atoms with E-state index >= 15 is 0 Å². The molecule has 0 fully saturated rings. The second-order valence-electron chi connectivity index (χ2n) is 5.02. The van der Waals surface area contributed by atoms with Crippen molar-refractivity contribution in [2.75, 3.05) is 28.7 Å². The zero-order valence-electron chi connectivity index (χ0n) is 11.2. The van der Waals surface area contributed by atoms with Crippen LogP contribution in [0.4, 0.5) is 5.69 Å². The van der Waals surface area contributed by atoms with Crippen LogP contribution in [0.2, 0.25) is 0 Å². The minimum Gasteiger partial charge on any atom is -0.330 e. The van der Waals surface area contributed by atoms with Crippen LogP contribution in [-0.4, -0.2) is 41.3 Å². The molecule has 0 amide bonds. The van der Waals surface area contributed by atoms with Gasteiger partial charge in [0.15, 0.2) is 14.9 Å². The summed E-state index contributed by atoms with van der Waals surface area (Å²) in [5.74, 6) is 0.0190. The summed E-state index contributed by atoms with van der Waals surface area (Å²) in [5, 5.41) is -0.871. The molecule has 1 aromatic carbocycles. The number of benzene rings is 1. The molecule has 1 aliphatic heterocycles. The molecule has 112 valence electrons. The van der Waals surface area contributed by atoms with Gasteiger partial charge < -0.3 is 5.73 Å². The third-order valence-corrected chi connectivity index (χ3v) is 7.17. The lowest BCUT2D eigenvalue weighted by atomic mass is 9.98. The fourth-order valence-corrected chi connectivity index (χ4v) is 6.05. The van der Waals surface area contributed by atoms with Gasteiger partial charge in [-0.15, -0.1) is 0 Å². The highest BCUT2D eigenvalue weighted by molar-refractivity contribution is 8.08. The summed E-state index contributed by atoms with van der Waals surface area (Å²) < 4.78 is 48.3. The fourth-order valence-electron chi connectivity index (χ4n) is 2.50. The van der Waals surface area contributed by atoms with Crippen molar-refractivity contribution in [3.8, 4) is 0 Å². The Morgan fingerprint density at radius 1 is 1.25 bits per heavy atom. The first kappa shape index (κ1) is 15.3. The molecule has 1 unspecified atom stereocenters. The maximum atomic E-state index is 12.3. The number of nitrogens with zero attached hydrogens (tertiary/aromatic N) is 1. The summed E-state index contributed by atoms with van der Waals surface area (Å²) in [6.45, 7) is 0.716. The van der Waals surface area contributed by atoms with Crippen molar-refractivity contribution in [2.24, 2.45) is 5.73 Å². The highest BCUT2D eigenvalue weighted by atomic mass is 32.3. The van der Waals surface area contributed by atoms with E-state index < -0.39 is 24.9 Å². The first-order valence-electron chi connectivity index (χ1n) is 6.22. The van der Waals surface area contributed by atoms with E-state index in [1.165, 1.54) is 4.31 Å². The minimum absolute atomic E-state index is 0.0190. The number of sulfone groups is 1. The Balaban J connectivity index is 2.40. The van der Waals surface area contributed by atoms with Crippen LogP contribution in [0.25, 0.3) is 0 Å². The van der Waals surface area contributed by atoms with E-state index in [1.54, 1.807) is 12.1 Å². The molecule has 0 spiro atoms. The van der Waals surface area contributed by atoms with Crippen molar-refractivity contribution in [1.82, 2.24) is 0 Å². The molecule has 1 heterocycles. The minimum atomic E-state index is -3.88. The highest BCUT2D eigenvalue weighted by Gasteiger charge is 2.36. The Labute approximate surface area is 119 Å². The molecule has 0 aliphatic carbocycles. The molecular weight excluding hydrogens is 300 g/mol. The van der Waals surface area contributed by atoms with Gasteiger partial charge in [-0.05, 0) is 24.6 Å². The van der Waals surface area contributed by atoms with E-state index in [-0.39, 0.29) is 12.5 Å². The second-order valence-corrected chi connectivity index (χ2v) is 9.42. The summed E-state index contributed by atoms with van der Waals surface area (Å²) in [5.41, 5.74) is 7.03. The number of fused-ring (bicyclic) bond motifs is 1. The van der Waals surface area contributed by atoms with Crippen molar-refractivity contribution in [3.63, 3.8) is 0 Å². The Morgan fingerprint density at radius 3 is 2.50 bits per heavy atom. The summed E-state index contributed by atoms with van der Waals surface area (Å²) in [4.78, 5) is 0. The van der Waals surface area contributed by atoms with Crippen LogP contribution >= 0.6 is 0 Å². The quantitative estimate of drug-likeness (QED) is 0.840. The van der Waals surface area contributed by atoms with E-state index in [0.29, 0.717) is 18.7 Å². The van der Waals surface area contributed by atoms with E-state index in [0.717, 1.165) is 11.8 Å². The number of nitrogens with two attached hydrogens (primary N) is 1. The van der Waals surface area contributed by atoms with Gasteiger partial charge in [0.2, 0.25) is 10.0 Å². The third kappa shape index (κ3) is 3.13. The molecule has 0 aromatic heterocycles. The standard InChI is InChI=1S/C12H18N2O4S2/c1-19(15,16)9-20(17,18)14-8-10(6-7-13)11-4-2-3-5-12(11)14/h2-5,10H,6-9,13H2,1H3. The third-order valence-electron chi connectivity index (χ3n) is 3.25. The number of hydrogen-bond acceptors (Lipinski definition) is 5. The SMILES string of the molecule is CS(=O)(=O)CS(=O)(=O)N1CC(CCN)c2ccccc21. The molecule has 2 rings (SSSR count). The predicted molar refractivity (Wildman–Crippen MR) is 78.8 cm³/mol. The van der Waals surface area contributed by atoms with E-state index in [4.69, 9.17) is 5.73 Å². The molecule has 8 heteroatoms. The van der Waals surface area contributed by atoms with Crippen molar-refractivity contribution < 1.29 is 16.8 Å². The smallest absolute Gasteiger partial charge is 0.249 e. The molecule has 0 radical (unpaired) electrons. The summed E-state index contributed by atoms with van der Waals surface area (Å²) in [6, 6.07) is 7.15. The number of sulfonamides is 1. The molecular formula is C12H18N2O4S2. The van der Waals surface area contributed by atoms with Crippen LogP contribution in [0, 0.1) is 0 Å². The van der Waals surface area contributed by atoms with Crippen LogP contribution in [0.15, 0.2) is 24.3 Å². The Bertz CT molecular complexity index is 698. The Hall–Kier alpha value is -1.12. The summed E-state index contributed by atoms with van der Waals surface area (Å²) >= 11 is 0. The number of rotatable bonds is 5. The van der Waals surface area contributed by atoms with Gasteiger partial charge in [0.05, 0.1) is 5.69 Å². The van der Waals surface area contributed by atoms with Crippen LogP contribution in [0.3, 0.4) is 0 Å².